The molecule has 1 rings (SSSR count). The number of hydrogen-bond donors (Lipinski definition) is 2. The number of aryl methyl sites for hydroxylation is 1. The molecule has 0 saturated carbocycles. The lowest BCUT2D eigenvalue weighted by atomic mass is 10.2. The summed E-state index contributed by atoms with van der Waals surface area (Å²) in [4.78, 5) is 11.1. The maximum atomic E-state index is 11.8. The number of aromatic hydroxyl groups is 1. The van der Waals surface area contributed by atoms with Crippen molar-refractivity contribution in [3.63, 3.8) is 0 Å². The van der Waals surface area contributed by atoms with Crippen molar-refractivity contribution < 1.29 is 23.1 Å². The first-order chi connectivity index (χ1) is 8.84. The Balaban J connectivity index is 2.66. The lowest BCUT2D eigenvalue weighted by Crippen LogP contribution is -2.20. The van der Waals surface area contributed by atoms with Crippen LogP contribution in [0.5, 0.6) is 5.75 Å². The normalized spacial score (nSPS) is 11.1. The van der Waals surface area contributed by atoms with Crippen LogP contribution >= 0.6 is 0 Å². The van der Waals surface area contributed by atoms with Gasteiger partial charge >= 0.3 is 5.97 Å². The standard InChI is InChI=1S/C12H17NO5S/c1-3-18-12(15)6-7-19(16,17)13-11-5-4-10(14)8-9(11)2/h4-5,8,13-14H,3,6-7H2,1-2H3. The molecule has 2 N–H and O–H groups in total. The molecule has 7 heteroatoms. The van der Waals surface area contributed by atoms with Gasteiger partial charge in [0.1, 0.15) is 5.75 Å². The number of sulfonamides is 1. The smallest absolute Gasteiger partial charge is 0.306 e. The van der Waals surface area contributed by atoms with Gasteiger partial charge in [-0.05, 0) is 37.6 Å². The molecular formula is C12H17NO5S. The highest BCUT2D eigenvalue weighted by molar-refractivity contribution is 7.92. The van der Waals surface area contributed by atoms with E-state index in [1.54, 1.807) is 13.8 Å². The van der Waals surface area contributed by atoms with Crippen LogP contribution in [0.2, 0.25) is 0 Å². The summed E-state index contributed by atoms with van der Waals surface area (Å²) in [6.45, 7) is 3.55. The van der Waals surface area contributed by atoms with Gasteiger partial charge in [0.2, 0.25) is 10.0 Å². The lowest BCUT2D eigenvalue weighted by Gasteiger charge is -2.10. The Morgan fingerprint density at radius 2 is 2.11 bits per heavy atom. The van der Waals surface area contributed by atoms with Crippen LogP contribution in [0.25, 0.3) is 0 Å². The van der Waals surface area contributed by atoms with Crippen LogP contribution in [-0.2, 0) is 19.6 Å². The largest absolute Gasteiger partial charge is 0.508 e. The molecule has 0 fully saturated rings. The molecule has 6 nitrogen and oxygen atoms in total. The molecule has 0 spiro atoms. The number of nitrogens with one attached hydrogen (secondary N) is 1. The highest BCUT2D eigenvalue weighted by Gasteiger charge is 2.15. The fourth-order valence-corrected chi connectivity index (χ4v) is 2.53. The van der Waals surface area contributed by atoms with Gasteiger partial charge < -0.3 is 9.84 Å². The van der Waals surface area contributed by atoms with Crippen LogP contribution in [0, 0.1) is 6.92 Å². The van der Waals surface area contributed by atoms with E-state index >= 15 is 0 Å². The van der Waals surface area contributed by atoms with E-state index in [1.165, 1.54) is 18.2 Å². The molecule has 0 saturated heterocycles. The van der Waals surface area contributed by atoms with E-state index in [0.717, 1.165) is 0 Å². The molecule has 0 radical (unpaired) electrons. The van der Waals surface area contributed by atoms with Gasteiger partial charge in [0.15, 0.2) is 0 Å². The topological polar surface area (TPSA) is 92.7 Å². The summed E-state index contributed by atoms with van der Waals surface area (Å²) >= 11 is 0. The van der Waals surface area contributed by atoms with Gasteiger partial charge in [-0.3, -0.25) is 9.52 Å². The Labute approximate surface area is 112 Å². The van der Waals surface area contributed by atoms with E-state index in [0.29, 0.717) is 11.3 Å². The van der Waals surface area contributed by atoms with E-state index in [2.05, 4.69) is 9.46 Å². The van der Waals surface area contributed by atoms with Crippen molar-refractivity contribution in [1.29, 1.82) is 0 Å². The predicted molar refractivity (Wildman–Crippen MR) is 71.5 cm³/mol. The average Bonchev–Trinajstić information content (AvgIpc) is 2.31. The molecule has 106 valence electrons. The van der Waals surface area contributed by atoms with Crippen LogP contribution in [0.15, 0.2) is 18.2 Å². The monoisotopic (exact) mass is 287 g/mol. The molecular weight excluding hydrogens is 270 g/mol. The zero-order chi connectivity index (χ0) is 14.5. The van der Waals surface area contributed by atoms with Crippen molar-refractivity contribution in [2.24, 2.45) is 0 Å². The minimum absolute atomic E-state index is 0.0620. The maximum Gasteiger partial charge on any atom is 0.306 e. The SMILES string of the molecule is CCOC(=O)CCS(=O)(=O)Nc1ccc(O)cc1C. The van der Waals surface area contributed by atoms with Gasteiger partial charge in [0, 0.05) is 0 Å². The molecule has 0 heterocycles. The number of phenolic OH excluding ortho intramolecular Hbond substituents is 1. The van der Waals surface area contributed by atoms with E-state index in [4.69, 9.17) is 0 Å². The van der Waals surface area contributed by atoms with Crippen molar-refractivity contribution in [2.75, 3.05) is 17.1 Å². The van der Waals surface area contributed by atoms with Crippen LogP contribution in [0.4, 0.5) is 5.69 Å². The molecule has 0 amide bonds. The van der Waals surface area contributed by atoms with Crippen LogP contribution in [0.3, 0.4) is 0 Å². The van der Waals surface area contributed by atoms with Crippen molar-refractivity contribution >= 4 is 21.7 Å². The molecule has 19 heavy (non-hydrogen) atoms. The van der Waals surface area contributed by atoms with E-state index < -0.39 is 16.0 Å². The fraction of sp³-hybridized carbons (Fsp3) is 0.417. The Kier molecular flexibility index (Phi) is 5.17. The number of esters is 1. The molecule has 0 aromatic heterocycles. The predicted octanol–water partition coefficient (Wildman–Crippen LogP) is 1.40. The van der Waals surface area contributed by atoms with Gasteiger partial charge in [0.05, 0.1) is 24.5 Å². The molecule has 0 aliphatic rings. The highest BCUT2D eigenvalue weighted by atomic mass is 32.2. The summed E-state index contributed by atoms with van der Waals surface area (Å²) in [7, 11) is -3.62. The fourth-order valence-electron chi connectivity index (χ4n) is 1.43. The second-order valence-electron chi connectivity index (χ2n) is 3.98. The van der Waals surface area contributed by atoms with Crippen LogP contribution in [-0.4, -0.2) is 31.9 Å². The third-order valence-corrected chi connectivity index (χ3v) is 3.63. The van der Waals surface area contributed by atoms with Crippen molar-refractivity contribution in [2.45, 2.75) is 20.3 Å². The molecule has 0 aliphatic heterocycles. The summed E-state index contributed by atoms with van der Waals surface area (Å²) in [5, 5.41) is 9.23. The minimum atomic E-state index is -3.62. The summed E-state index contributed by atoms with van der Waals surface area (Å²) in [5.74, 6) is -0.825. The van der Waals surface area contributed by atoms with E-state index in [9.17, 15) is 18.3 Å². The Bertz CT molecular complexity index is 553. The molecule has 0 bridgehead atoms. The summed E-state index contributed by atoms with van der Waals surface area (Å²) < 4.78 is 30.6. The lowest BCUT2D eigenvalue weighted by molar-refractivity contribution is -0.142. The van der Waals surface area contributed by atoms with Gasteiger partial charge in [0.25, 0.3) is 0 Å². The van der Waals surface area contributed by atoms with Gasteiger partial charge in [-0.1, -0.05) is 0 Å². The van der Waals surface area contributed by atoms with Gasteiger partial charge in [-0.15, -0.1) is 0 Å². The first-order valence-corrected chi connectivity index (χ1v) is 7.45. The summed E-state index contributed by atoms with van der Waals surface area (Å²) in [6, 6.07) is 4.30. The highest BCUT2D eigenvalue weighted by Crippen LogP contribution is 2.21. The Morgan fingerprint density at radius 1 is 1.42 bits per heavy atom. The molecule has 0 aliphatic carbocycles. The van der Waals surface area contributed by atoms with E-state index in [1.807, 2.05) is 0 Å². The number of rotatable bonds is 6. The number of carbonyl (C=O) groups excluding carboxylic acids is 1. The molecule has 1 aromatic carbocycles. The zero-order valence-electron chi connectivity index (χ0n) is 10.8. The van der Waals surface area contributed by atoms with Crippen molar-refractivity contribution in [3.05, 3.63) is 23.8 Å². The van der Waals surface area contributed by atoms with Crippen LogP contribution in [0.1, 0.15) is 18.9 Å². The van der Waals surface area contributed by atoms with Gasteiger partial charge in [-0.2, -0.15) is 0 Å². The molecule has 1 aromatic rings. The minimum Gasteiger partial charge on any atom is -0.508 e. The second kappa shape index (κ2) is 6.42. The number of benzene rings is 1. The zero-order valence-corrected chi connectivity index (χ0v) is 11.7. The maximum absolute atomic E-state index is 11.8. The summed E-state index contributed by atoms with van der Waals surface area (Å²) in [5.41, 5.74) is 0.973. The third kappa shape index (κ3) is 5.17. The Morgan fingerprint density at radius 3 is 2.68 bits per heavy atom. The summed E-state index contributed by atoms with van der Waals surface area (Å²) in [6.07, 6.45) is -0.194. The number of hydrogen-bond acceptors (Lipinski definition) is 5. The Hall–Kier alpha value is -1.76. The van der Waals surface area contributed by atoms with Gasteiger partial charge in [-0.25, -0.2) is 8.42 Å². The quantitative estimate of drug-likeness (QED) is 0.609. The van der Waals surface area contributed by atoms with Crippen molar-refractivity contribution in [1.82, 2.24) is 0 Å². The molecule has 0 atom stereocenters. The third-order valence-electron chi connectivity index (χ3n) is 2.36. The number of anilines is 1. The average molecular weight is 287 g/mol. The molecule has 0 unspecified atom stereocenters. The van der Waals surface area contributed by atoms with E-state index in [-0.39, 0.29) is 24.5 Å². The number of phenols is 1. The van der Waals surface area contributed by atoms with Crippen molar-refractivity contribution in [3.8, 4) is 5.75 Å². The number of ether oxygens (including phenoxy) is 1. The first kappa shape index (κ1) is 15.3. The first-order valence-electron chi connectivity index (χ1n) is 5.80. The second-order valence-corrected chi connectivity index (χ2v) is 5.82. The number of carbonyl (C=O) groups is 1. The van der Waals surface area contributed by atoms with Crippen LogP contribution < -0.4 is 4.72 Å².